The van der Waals surface area contributed by atoms with Crippen LogP contribution in [0.5, 0.6) is 0 Å². The molecule has 0 fully saturated rings. The number of hydrogen-bond donors (Lipinski definition) is 1. The molecule has 50 valence electrons. The van der Waals surface area contributed by atoms with Crippen molar-refractivity contribution in [1.82, 2.24) is 5.32 Å². The summed E-state index contributed by atoms with van der Waals surface area (Å²) in [6.45, 7) is 1.77. The molecule has 0 aromatic heterocycles. The average molecular weight is 156 g/mol. The first-order valence-corrected chi connectivity index (χ1v) is 4.46. The van der Waals surface area contributed by atoms with Crippen molar-refractivity contribution in [1.29, 1.82) is 0 Å². The minimum absolute atomic E-state index is 0.113. The quantitative estimate of drug-likeness (QED) is 0.478. The van der Waals surface area contributed by atoms with Gasteiger partial charge in [0.1, 0.15) is 8.16 Å². The van der Waals surface area contributed by atoms with Gasteiger partial charge in [0.15, 0.2) is 0 Å². The van der Waals surface area contributed by atoms with Gasteiger partial charge in [-0.1, -0.05) is 11.2 Å². The van der Waals surface area contributed by atoms with Crippen molar-refractivity contribution in [3.05, 3.63) is 0 Å². The Kier molecular flexibility index (Phi) is 8.25. The fourth-order valence-corrected chi connectivity index (χ4v) is 0.813. The van der Waals surface area contributed by atoms with E-state index in [1.165, 1.54) is 0 Å². The van der Waals surface area contributed by atoms with Gasteiger partial charge >= 0.3 is 0 Å². The molecule has 0 saturated carbocycles. The van der Waals surface area contributed by atoms with Crippen LogP contribution in [0.15, 0.2) is 0 Å². The Labute approximate surface area is 56.6 Å². The normalized spacial score (nSPS) is 11.2. The summed E-state index contributed by atoms with van der Waals surface area (Å²) in [5.74, 6) is 0. The highest BCUT2D eigenvalue weighted by molar-refractivity contribution is 7.64. The third-order valence-electron chi connectivity index (χ3n) is 0.728. The minimum atomic E-state index is 0.113. The molecular weight excluding hydrogens is 144 g/mol. The third kappa shape index (κ3) is 6.64. The van der Waals surface area contributed by atoms with Crippen molar-refractivity contribution in [2.75, 3.05) is 20.2 Å². The lowest BCUT2D eigenvalue weighted by Crippen LogP contribution is -2.08. The highest BCUT2D eigenvalue weighted by Crippen LogP contribution is 2.16. The largest absolute Gasteiger partial charge is 0.346 e. The van der Waals surface area contributed by atoms with Gasteiger partial charge in [-0.3, -0.25) is 0 Å². The van der Waals surface area contributed by atoms with Crippen molar-refractivity contribution in [3.8, 4) is 0 Å². The maximum Gasteiger partial charge on any atom is 0.110 e. The topological polar surface area (TPSA) is 21.3 Å². The Morgan fingerprint density at radius 2 is 2.50 bits per heavy atom. The van der Waals surface area contributed by atoms with Gasteiger partial charge in [0.05, 0.1) is 6.61 Å². The van der Waals surface area contributed by atoms with E-state index in [2.05, 4.69) is 5.32 Å². The summed E-state index contributed by atoms with van der Waals surface area (Å²) in [6, 6.07) is 0. The van der Waals surface area contributed by atoms with Crippen LogP contribution < -0.4 is 5.32 Å². The lowest BCUT2D eigenvalue weighted by Gasteiger charge is -1.96. The summed E-state index contributed by atoms with van der Waals surface area (Å²) < 4.78 is 4.89. The van der Waals surface area contributed by atoms with Crippen molar-refractivity contribution in [2.24, 2.45) is 0 Å². The lowest BCUT2D eigenvalue weighted by molar-refractivity contribution is 0.358. The van der Waals surface area contributed by atoms with Gasteiger partial charge in [0, 0.05) is 0 Å². The molecular formula is C4H11ClNOP. The molecule has 0 bridgehead atoms. The van der Waals surface area contributed by atoms with Gasteiger partial charge in [0.25, 0.3) is 0 Å². The van der Waals surface area contributed by atoms with Crippen molar-refractivity contribution >= 4 is 19.4 Å². The molecule has 8 heavy (non-hydrogen) atoms. The van der Waals surface area contributed by atoms with Crippen LogP contribution in [-0.2, 0) is 4.52 Å². The second-order valence-electron chi connectivity index (χ2n) is 1.38. The van der Waals surface area contributed by atoms with Gasteiger partial charge < -0.3 is 9.84 Å². The first-order chi connectivity index (χ1) is 3.91. The average Bonchev–Trinajstić information content (AvgIpc) is 1.81. The van der Waals surface area contributed by atoms with Gasteiger partial charge in [0.2, 0.25) is 0 Å². The molecule has 1 atom stereocenters. The van der Waals surface area contributed by atoms with Crippen LogP contribution in [0.4, 0.5) is 0 Å². The molecule has 0 aliphatic heterocycles. The first kappa shape index (κ1) is 8.64. The summed E-state index contributed by atoms with van der Waals surface area (Å²) in [5, 5.41) is 3.01. The van der Waals surface area contributed by atoms with Gasteiger partial charge in [-0.25, -0.2) is 0 Å². The van der Waals surface area contributed by atoms with E-state index in [1.807, 2.05) is 7.05 Å². The predicted octanol–water partition coefficient (Wildman–Crippen LogP) is 1.36. The maximum atomic E-state index is 5.27. The molecule has 2 nitrogen and oxygen atoms in total. The van der Waals surface area contributed by atoms with Gasteiger partial charge in [-0.2, -0.15) is 0 Å². The van der Waals surface area contributed by atoms with Crippen LogP contribution in [0.25, 0.3) is 0 Å². The highest BCUT2D eigenvalue weighted by atomic mass is 35.7. The summed E-state index contributed by atoms with van der Waals surface area (Å²) in [7, 11) is 2.03. The standard InChI is InChI=1S/C4H11ClNOP/c1-6-3-2-4-7-8-5/h6,8H,2-4H2,1H3. The Balaban J connectivity index is 2.53. The van der Waals surface area contributed by atoms with Crippen molar-refractivity contribution in [3.63, 3.8) is 0 Å². The summed E-state index contributed by atoms with van der Waals surface area (Å²) in [4.78, 5) is 0. The van der Waals surface area contributed by atoms with E-state index >= 15 is 0 Å². The fraction of sp³-hybridized carbons (Fsp3) is 1.00. The molecule has 0 radical (unpaired) electrons. The van der Waals surface area contributed by atoms with Crippen molar-refractivity contribution in [2.45, 2.75) is 6.42 Å². The zero-order valence-electron chi connectivity index (χ0n) is 4.91. The third-order valence-corrected chi connectivity index (χ3v) is 1.37. The number of hydrogen-bond acceptors (Lipinski definition) is 2. The zero-order chi connectivity index (χ0) is 6.24. The number of halogens is 1. The molecule has 0 aromatic rings. The Bertz CT molecular complexity index is 41.0. The summed E-state index contributed by atoms with van der Waals surface area (Å²) in [5.41, 5.74) is 0. The first-order valence-electron chi connectivity index (χ1n) is 2.54. The van der Waals surface area contributed by atoms with Gasteiger partial charge in [-0.05, 0) is 20.0 Å². The zero-order valence-corrected chi connectivity index (χ0v) is 6.66. The molecule has 0 heterocycles. The summed E-state index contributed by atoms with van der Waals surface area (Å²) >= 11 is 5.27. The van der Waals surface area contributed by atoms with E-state index in [1.54, 1.807) is 0 Å². The molecule has 4 heteroatoms. The SMILES string of the molecule is CNCCCOPCl. The molecule has 0 rings (SSSR count). The number of rotatable bonds is 5. The highest BCUT2D eigenvalue weighted by Gasteiger charge is 1.82. The Morgan fingerprint density at radius 1 is 1.75 bits per heavy atom. The van der Waals surface area contributed by atoms with Crippen LogP contribution >= 0.6 is 19.4 Å². The predicted molar refractivity (Wildman–Crippen MR) is 38.7 cm³/mol. The number of nitrogens with one attached hydrogen (secondary N) is 1. The van der Waals surface area contributed by atoms with E-state index in [0.29, 0.717) is 0 Å². The Morgan fingerprint density at radius 3 is 3.00 bits per heavy atom. The fourth-order valence-electron chi connectivity index (χ4n) is 0.360. The molecule has 0 aliphatic rings. The molecule has 0 spiro atoms. The van der Waals surface area contributed by atoms with Crippen LogP contribution in [0, 0.1) is 0 Å². The molecule has 0 saturated heterocycles. The van der Waals surface area contributed by atoms with E-state index < -0.39 is 0 Å². The molecule has 0 aromatic carbocycles. The molecule has 0 amide bonds. The van der Waals surface area contributed by atoms with E-state index in [-0.39, 0.29) is 8.16 Å². The van der Waals surface area contributed by atoms with E-state index in [0.717, 1.165) is 19.6 Å². The molecule has 1 N–H and O–H groups in total. The second kappa shape index (κ2) is 7.64. The smallest absolute Gasteiger partial charge is 0.110 e. The summed E-state index contributed by atoms with van der Waals surface area (Å²) in [6.07, 6.45) is 1.04. The van der Waals surface area contributed by atoms with Crippen LogP contribution in [0.2, 0.25) is 0 Å². The van der Waals surface area contributed by atoms with Crippen LogP contribution in [-0.4, -0.2) is 20.2 Å². The molecule has 0 aliphatic carbocycles. The molecule has 1 unspecified atom stereocenters. The lowest BCUT2D eigenvalue weighted by atomic mass is 10.5. The van der Waals surface area contributed by atoms with Crippen LogP contribution in [0.3, 0.4) is 0 Å². The second-order valence-corrected chi connectivity index (χ2v) is 2.29. The Hall–Kier alpha value is 0.640. The van der Waals surface area contributed by atoms with E-state index in [9.17, 15) is 0 Å². The van der Waals surface area contributed by atoms with Gasteiger partial charge in [-0.15, -0.1) is 0 Å². The maximum absolute atomic E-state index is 5.27. The van der Waals surface area contributed by atoms with E-state index in [4.69, 9.17) is 15.8 Å². The monoisotopic (exact) mass is 155 g/mol. The van der Waals surface area contributed by atoms with Crippen molar-refractivity contribution < 1.29 is 4.52 Å². The minimum Gasteiger partial charge on any atom is -0.346 e. The van der Waals surface area contributed by atoms with Crippen LogP contribution in [0.1, 0.15) is 6.42 Å².